The van der Waals surface area contributed by atoms with E-state index in [2.05, 4.69) is 10.6 Å². The third-order valence-corrected chi connectivity index (χ3v) is 4.80. The average molecular weight is 327 g/mol. The number of nitrogens with one attached hydrogen (secondary N) is 2. The van der Waals surface area contributed by atoms with Crippen LogP contribution in [-0.4, -0.2) is 60.8 Å². The van der Waals surface area contributed by atoms with Gasteiger partial charge in [0, 0.05) is 24.4 Å². The lowest BCUT2D eigenvalue weighted by Gasteiger charge is -2.22. The first-order valence-corrected chi connectivity index (χ1v) is 8.20. The Morgan fingerprint density at radius 2 is 2.00 bits per heavy atom. The van der Waals surface area contributed by atoms with E-state index >= 15 is 0 Å². The molecule has 124 valence electrons. The molecule has 0 aliphatic carbocycles. The highest BCUT2D eigenvalue weighted by Crippen LogP contribution is 2.22. The Bertz CT molecular complexity index is 350. The molecule has 4 nitrogen and oxygen atoms in total. The molecular formula is C13H24F3N3OS. The maximum atomic E-state index is 12.3. The molecule has 1 aliphatic rings. The molecule has 1 heterocycles. The molecule has 0 aromatic heterocycles. The number of nitrogens with zero attached hydrogens (tertiary/aromatic N) is 1. The van der Waals surface area contributed by atoms with Crippen molar-refractivity contribution in [2.24, 2.45) is 5.92 Å². The third-order valence-electron chi connectivity index (χ3n) is 3.55. The Hall–Kier alpha value is -0.630. The van der Waals surface area contributed by atoms with E-state index in [0.29, 0.717) is 32.6 Å². The first-order chi connectivity index (χ1) is 9.61. The monoisotopic (exact) mass is 327 g/mol. The molecule has 1 fully saturated rings. The highest BCUT2D eigenvalue weighted by Gasteiger charge is 2.34. The van der Waals surface area contributed by atoms with Crippen molar-refractivity contribution in [2.75, 3.05) is 39.0 Å². The highest BCUT2D eigenvalue weighted by molar-refractivity contribution is 7.99. The summed E-state index contributed by atoms with van der Waals surface area (Å²) >= 11 is 1.66. The smallest absolute Gasteiger partial charge is 0.338 e. The standard InChI is InChI=1S/C13H24F3N3OS/c1-12(2,21-3)8-18-11(20)17-6-10-4-5-19(7-10)9-13(14,15)16/h10H,4-9H2,1-3H3,(H2,17,18,20)/t10-/m1/s1. The van der Waals surface area contributed by atoms with Crippen LogP contribution in [-0.2, 0) is 0 Å². The minimum absolute atomic E-state index is 0.0335. The molecule has 1 aliphatic heterocycles. The quantitative estimate of drug-likeness (QED) is 0.787. The fraction of sp³-hybridized carbons (Fsp3) is 0.923. The summed E-state index contributed by atoms with van der Waals surface area (Å²) in [7, 11) is 0. The van der Waals surface area contributed by atoms with Gasteiger partial charge in [0.2, 0.25) is 0 Å². The molecule has 0 aromatic rings. The highest BCUT2D eigenvalue weighted by atomic mass is 32.2. The number of amides is 2. The lowest BCUT2D eigenvalue weighted by molar-refractivity contribution is -0.143. The van der Waals surface area contributed by atoms with Crippen LogP contribution in [0.4, 0.5) is 18.0 Å². The molecular weight excluding hydrogens is 303 g/mol. The van der Waals surface area contributed by atoms with Crippen molar-refractivity contribution in [3.63, 3.8) is 0 Å². The number of carbonyl (C=O) groups excluding carboxylic acids is 1. The molecule has 2 amide bonds. The number of hydrogen-bond acceptors (Lipinski definition) is 3. The summed E-state index contributed by atoms with van der Waals surface area (Å²) in [6.45, 7) is 4.99. The number of hydrogen-bond donors (Lipinski definition) is 2. The second kappa shape index (κ2) is 7.58. The van der Waals surface area contributed by atoms with Gasteiger partial charge >= 0.3 is 12.2 Å². The predicted octanol–water partition coefficient (Wildman–Crippen LogP) is 2.31. The van der Waals surface area contributed by atoms with Crippen molar-refractivity contribution < 1.29 is 18.0 Å². The summed E-state index contributed by atoms with van der Waals surface area (Å²) in [6.07, 6.45) is -1.48. The molecule has 1 atom stereocenters. The van der Waals surface area contributed by atoms with E-state index in [-0.39, 0.29) is 16.7 Å². The van der Waals surface area contributed by atoms with Crippen LogP contribution >= 0.6 is 11.8 Å². The lowest BCUT2D eigenvalue weighted by Crippen LogP contribution is -2.43. The van der Waals surface area contributed by atoms with Gasteiger partial charge in [0.25, 0.3) is 0 Å². The normalized spacial score (nSPS) is 20.6. The van der Waals surface area contributed by atoms with Crippen LogP contribution in [0.3, 0.4) is 0 Å². The van der Waals surface area contributed by atoms with Crippen LogP contribution in [0.1, 0.15) is 20.3 Å². The van der Waals surface area contributed by atoms with E-state index in [9.17, 15) is 18.0 Å². The van der Waals surface area contributed by atoms with Crippen LogP contribution in [0.25, 0.3) is 0 Å². The minimum Gasteiger partial charge on any atom is -0.338 e. The van der Waals surface area contributed by atoms with E-state index in [4.69, 9.17) is 0 Å². The van der Waals surface area contributed by atoms with Crippen molar-refractivity contribution in [3.8, 4) is 0 Å². The molecule has 1 saturated heterocycles. The van der Waals surface area contributed by atoms with Gasteiger partial charge in [-0.1, -0.05) is 0 Å². The SMILES string of the molecule is CSC(C)(C)CNC(=O)NC[C@H]1CCN(CC(F)(F)F)C1. The summed E-state index contributed by atoms with van der Waals surface area (Å²) in [5, 5.41) is 5.52. The van der Waals surface area contributed by atoms with E-state index in [1.54, 1.807) is 11.8 Å². The van der Waals surface area contributed by atoms with Crippen molar-refractivity contribution in [2.45, 2.75) is 31.2 Å². The fourth-order valence-corrected chi connectivity index (χ4v) is 2.36. The van der Waals surface area contributed by atoms with Crippen molar-refractivity contribution in [3.05, 3.63) is 0 Å². The summed E-state index contributed by atoms with van der Waals surface area (Å²) in [5.74, 6) is 0.0895. The number of rotatable bonds is 6. The van der Waals surface area contributed by atoms with Gasteiger partial charge in [0.1, 0.15) is 0 Å². The van der Waals surface area contributed by atoms with Gasteiger partial charge in [-0.2, -0.15) is 24.9 Å². The number of alkyl halides is 3. The number of carbonyl (C=O) groups is 1. The van der Waals surface area contributed by atoms with Crippen LogP contribution in [0, 0.1) is 5.92 Å². The number of likely N-dealkylation sites (tertiary alicyclic amines) is 1. The molecule has 0 aromatic carbocycles. The fourth-order valence-electron chi connectivity index (χ4n) is 2.14. The Kier molecular flexibility index (Phi) is 6.65. The van der Waals surface area contributed by atoms with Gasteiger partial charge in [0.05, 0.1) is 6.54 Å². The van der Waals surface area contributed by atoms with Gasteiger partial charge in [-0.25, -0.2) is 4.79 Å². The second-order valence-corrected chi connectivity index (χ2v) is 7.55. The lowest BCUT2D eigenvalue weighted by atomic mass is 10.1. The molecule has 2 N–H and O–H groups in total. The Labute approximate surface area is 128 Å². The van der Waals surface area contributed by atoms with Gasteiger partial charge in [-0.05, 0) is 39.0 Å². The zero-order chi connectivity index (χ0) is 16.1. The third kappa shape index (κ3) is 7.80. The molecule has 1 rings (SSSR count). The molecule has 0 bridgehead atoms. The Balaban J connectivity index is 2.20. The Morgan fingerprint density at radius 3 is 2.57 bits per heavy atom. The maximum Gasteiger partial charge on any atom is 0.401 e. The summed E-state index contributed by atoms with van der Waals surface area (Å²) in [5.41, 5.74) is 0. The van der Waals surface area contributed by atoms with Crippen LogP contribution in [0.5, 0.6) is 0 Å². The van der Waals surface area contributed by atoms with Gasteiger partial charge in [0.15, 0.2) is 0 Å². The number of urea groups is 1. The zero-order valence-electron chi connectivity index (χ0n) is 12.7. The van der Waals surface area contributed by atoms with Crippen LogP contribution in [0.2, 0.25) is 0 Å². The average Bonchev–Trinajstić information content (AvgIpc) is 2.79. The largest absolute Gasteiger partial charge is 0.401 e. The van der Waals surface area contributed by atoms with Crippen molar-refractivity contribution in [1.29, 1.82) is 0 Å². The predicted molar refractivity (Wildman–Crippen MR) is 79.6 cm³/mol. The molecule has 0 spiro atoms. The van der Waals surface area contributed by atoms with Crippen molar-refractivity contribution >= 4 is 17.8 Å². The summed E-state index contributed by atoms with van der Waals surface area (Å²) in [4.78, 5) is 13.0. The van der Waals surface area contributed by atoms with E-state index < -0.39 is 12.7 Å². The zero-order valence-corrected chi connectivity index (χ0v) is 13.5. The summed E-state index contributed by atoms with van der Waals surface area (Å²) < 4.78 is 36.8. The van der Waals surface area contributed by atoms with Crippen LogP contribution < -0.4 is 10.6 Å². The van der Waals surface area contributed by atoms with Crippen molar-refractivity contribution in [1.82, 2.24) is 15.5 Å². The maximum absolute atomic E-state index is 12.3. The number of thioether (sulfide) groups is 1. The Morgan fingerprint density at radius 1 is 1.33 bits per heavy atom. The molecule has 0 unspecified atom stereocenters. The first kappa shape index (κ1) is 18.4. The second-order valence-electron chi connectivity index (χ2n) is 6.03. The summed E-state index contributed by atoms with van der Waals surface area (Å²) in [6, 6.07) is -0.258. The van der Waals surface area contributed by atoms with Gasteiger partial charge in [-0.3, -0.25) is 4.90 Å². The molecule has 8 heteroatoms. The first-order valence-electron chi connectivity index (χ1n) is 6.97. The number of halogens is 3. The van der Waals surface area contributed by atoms with Gasteiger partial charge in [-0.15, -0.1) is 0 Å². The topological polar surface area (TPSA) is 44.4 Å². The molecule has 21 heavy (non-hydrogen) atoms. The molecule has 0 radical (unpaired) electrons. The molecule has 0 saturated carbocycles. The van der Waals surface area contributed by atoms with Crippen LogP contribution in [0.15, 0.2) is 0 Å². The minimum atomic E-state index is -4.15. The van der Waals surface area contributed by atoms with E-state index in [1.807, 2.05) is 20.1 Å². The van der Waals surface area contributed by atoms with E-state index in [0.717, 1.165) is 0 Å². The van der Waals surface area contributed by atoms with Gasteiger partial charge < -0.3 is 10.6 Å². The van der Waals surface area contributed by atoms with E-state index in [1.165, 1.54) is 4.90 Å².